The van der Waals surface area contributed by atoms with Crippen molar-refractivity contribution in [2.75, 3.05) is 17.2 Å². The van der Waals surface area contributed by atoms with Crippen LogP contribution in [0.15, 0.2) is 48.5 Å². The van der Waals surface area contributed by atoms with E-state index in [2.05, 4.69) is 27.8 Å². The van der Waals surface area contributed by atoms with Crippen molar-refractivity contribution in [1.29, 1.82) is 0 Å². The topological polar surface area (TPSA) is 76.1 Å². The lowest BCUT2D eigenvalue weighted by atomic mass is 10.2. The van der Waals surface area contributed by atoms with Gasteiger partial charge in [-0.15, -0.1) is 10.2 Å². The zero-order valence-corrected chi connectivity index (χ0v) is 15.5. The van der Waals surface area contributed by atoms with Crippen molar-refractivity contribution in [2.24, 2.45) is 0 Å². The van der Waals surface area contributed by atoms with Crippen LogP contribution in [0.25, 0.3) is 10.6 Å². The second-order valence-corrected chi connectivity index (χ2v) is 6.71. The van der Waals surface area contributed by atoms with Crippen molar-refractivity contribution in [3.05, 3.63) is 54.1 Å². The van der Waals surface area contributed by atoms with Crippen molar-refractivity contribution in [3.63, 3.8) is 0 Å². The van der Waals surface area contributed by atoms with Crippen LogP contribution < -0.4 is 15.4 Å². The number of carbonyl (C=O) groups is 1. The van der Waals surface area contributed by atoms with Gasteiger partial charge in [-0.2, -0.15) is 0 Å². The van der Waals surface area contributed by atoms with E-state index in [0.29, 0.717) is 11.7 Å². The van der Waals surface area contributed by atoms with E-state index in [-0.39, 0.29) is 6.03 Å². The molecule has 6 nitrogen and oxygen atoms in total. The van der Waals surface area contributed by atoms with Gasteiger partial charge in [-0.3, -0.25) is 5.32 Å². The Morgan fingerprint density at radius 3 is 2.69 bits per heavy atom. The number of aromatic nitrogens is 2. The number of nitrogens with one attached hydrogen (secondary N) is 2. The highest BCUT2D eigenvalue weighted by molar-refractivity contribution is 7.18. The summed E-state index contributed by atoms with van der Waals surface area (Å²) in [7, 11) is 0. The third-order valence-corrected chi connectivity index (χ3v) is 4.40. The largest absolute Gasteiger partial charge is 0.494 e. The summed E-state index contributed by atoms with van der Waals surface area (Å²) in [5, 5.41) is 14.8. The monoisotopic (exact) mass is 368 g/mol. The highest BCUT2D eigenvalue weighted by Crippen LogP contribution is 2.29. The van der Waals surface area contributed by atoms with Crippen molar-refractivity contribution in [1.82, 2.24) is 10.2 Å². The molecule has 134 valence electrons. The van der Waals surface area contributed by atoms with E-state index in [0.717, 1.165) is 34.0 Å². The number of hydrogen-bond acceptors (Lipinski definition) is 5. The fourth-order valence-electron chi connectivity index (χ4n) is 2.23. The van der Waals surface area contributed by atoms with Crippen LogP contribution in [0.2, 0.25) is 0 Å². The van der Waals surface area contributed by atoms with Crippen molar-refractivity contribution < 1.29 is 9.53 Å². The number of urea groups is 1. The summed E-state index contributed by atoms with van der Waals surface area (Å²) in [6, 6.07) is 14.9. The van der Waals surface area contributed by atoms with Gasteiger partial charge in [-0.1, -0.05) is 48.1 Å². The molecule has 3 rings (SSSR count). The van der Waals surface area contributed by atoms with Gasteiger partial charge in [0.2, 0.25) is 5.13 Å². The maximum absolute atomic E-state index is 12.1. The molecule has 0 spiro atoms. The van der Waals surface area contributed by atoms with E-state index in [1.807, 2.05) is 55.5 Å². The van der Waals surface area contributed by atoms with Gasteiger partial charge in [0.1, 0.15) is 10.8 Å². The molecule has 0 aliphatic rings. The van der Waals surface area contributed by atoms with Gasteiger partial charge in [-0.05, 0) is 37.6 Å². The van der Waals surface area contributed by atoms with E-state index < -0.39 is 0 Å². The molecule has 3 aromatic rings. The minimum Gasteiger partial charge on any atom is -0.494 e. The molecule has 0 bridgehead atoms. The Hall–Kier alpha value is -2.93. The molecule has 7 heteroatoms. The molecule has 0 unspecified atom stereocenters. The average molecular weight is 368 g/mol. The molecule has 26 heavy (non-hydrogen) atoms. The fraction of sp³-hybridized carbons (Fsp3) is 0.211. The molecule has 1 aromatic heterocycles. The molecule has 1 heterocycles. The fourth-order valence-corrected chi connectivity index (χ4v) is 2.96. The van der Waals surface area contributed by atoms with Gasteiger partial charge in [0.05, 0.1) is 6.61 Å². The minimum atomic E-state index is -0.350. The van der Waals surface area contributed by atoms with E-state index in [1.165, 1.54) is 11.3 Å². The van der Waals surface area contributed by atoms with E-state index >= 15 is 0 Å². The van der Waals surface area contributed by atoms with Gasteiger partial charge in [0, 0.05) is 11.3 Å². The number of nitrogens with zero attached hydrogens (tertiary/aromatic N) is 2. The number of carbonyl (C=O) groups excluding carboxylic acids is 1. The zero-order valence-electron chi connectivity index (χ0n) is 14.7. The van der Waals surface area contributed by atoms with Gasteiger partial charge < -0.3 is 10.1 Å². The standard InChI is InChI=1S/C19H20N4O2S/c1-3-11-25-16-6-4-5-14(12-16)17-22-23-19(26-17)21-18(24)20-15-9-7-13(2)8-10-15/h4-10,12H,3,11H2,1-2H3,(H2,20,21,23,24). The Kier molecular flexibility index (Phi) is 5.80. The Morgan fingerprint density at radius 2 is 1.92 bits per heavy atom. The zero-order chi connectivity index (χ0) is 18.4. The molecule has 0 atom stereocenters. The molecule has 0 aliphatic heterocycles. The average Bonchev–Trinajstić information content (AvgIpc) is 3.10. The van der Waals surface area contributed by atoms with E-state index in [1.54, 1.807) is 0 Å². The first-order valence-corrected chi connectivity index (χ1v) is 9.17. The van der Waals surface area contributed by atoms with Crippen molar-refractivity contribution in [3.8, 4) is 16.3 Å². The van der Waals surface area contributed by atoms with Crippen LogP contribution in [0.4, 0.5) is 15.6 Å². The van der Waals surface area contributed by atoms with E-state index in [9.17, 15) is 4.79 Å². The number of amides is 2. The molecule has 2 aromatic carbocycles. The van der Waals surface area contributed by atoms with Crippen LogP contribution in [-0.4, -0.2) is 22.8 Å². The number of rotatable bonds is 6. The summed E-state index contributed by atoms with van der Waals surface area (Å²) in [5.41, 5.74) is 2.76. The lowest BCUT2D eigenvalue weighted by Gasteiger charge is -2.05. The maximum Gasteiger partial charge on any atom is 0.325 e. The van der Waals surface area contributed by atoms with Gasteiger partial charge >= 0.3 is 6.03 Å². The van der Waals surface area contributed by atoms with Crippen molar-refractivity contribution in [2.45, 2.75) is 20.3 Å². The molecular formula is C19H20N4O2S. The second kappa shape index (κ2) is 8.44. The van der Waals surface area contributed by atoms with Crippen LogP contribution in [0, 0.1) is 6.92 Å². The highest BCUT2D eigenvalue weighted by atomic mass is 32.1. The summed E-state index contributed by atoms with van der Waals surface area (Å²) in [6.45, 7) is 4.73. The number of ether oxygens (including phenoxy) is 1. The molecule has 2 amide bonds. The molecule has 2 N–H and O–H groups in total. The molecule has 0 saturated carbocycles. The Labute approximate surface area is 156 Å². The molecule has 0 fully saturated rings. The molecule has 0 aliphatic carbocycles. The number of anilines is 2. The van der Waals surface area contributed by atoms with Crippen LogP contribution in [0.5, 0.6) is 5.75 Å². The molecule has 0 saturated heterocycles. The highest BCUT2D eigenvalue weighted by Gasteiger charge is 2.10. The first-order chi connectivity index (χ1) is 12.6. The quantitative estimate of drug-likeness (QED) is 0.646. The SMILES string of the molecule is CCCOc1cccc(-c2nnc(NC(=O)Nc3ccc(C)cc3)s2)c1. The van der Waals surface area contributed by atoms with Crippen LogP contribution in [0.3, 0.4) is 0 Å². The Bertz CT molecular complexity index is 877. The van der Waals surface area contributed by atoms with Gasteiger partial charge in [0.25, 0.3) is 0 Å². The van der Waals surface area contributed by atoms with Crippen LogP contribution in [-0.2, 0) is 0 Å². The molecular weight excluding hydrogens is 348 g/mol. The van der Waals surface area contributed by atoms with Crippen LogP contribution in [0.1, 0.15) is 18.9 Å². The summed E-state index contributed by atoms with van der Waals surface area (Å²) in [6.07, 6.45) is 0.952. The summed E-state index contributed by atoms with van der Waals surface area (Å²) in [5.74, 6) is 0.797. The summed E-state index contributed by atoms with van der Waals surface area (Å²) < 4.78 is 5.64. The second-order valence-electron chi connectivity index (χ2n) is 5.73. The van der Waals surface area contributed by atoms with E-state index in [4.69, 9.17) is 4.74 Å². The Morgan fingerprint density at radius 1 is 1.12 bits per heavy atom. The predicted octanol–water partition coefficient (Wildman–Crippen LogP) is 4.95. The smallest absolute Gasteiger partial charge is 0.325 e. The summed E-state index contributed by atoms with van der Waals surface area (Å²) >= 11 is 1.31. The first kappa shape index (κ1) is 17.9. The normalized spacial score (nSPS) is 10.4. The maximum atomic E-state index is 12.1. The van der Waals surface area contributed by atoms with Gasteiger partial charge in [-0.25, -0.2) is 4.79 Å². The number of hydrogen-bond donors (Lipinski definition) is 2. The number of aryl methyl sites for hydroxylation is 1. The molecule has 0 radical (unpaired) electrons. The van der Waals surface area contributed by atoms with Crippen molar-refractivity contribution >= 4 is 28.2 Å². The predicted molar refractivity (Wildman–Crippen MR) is 105 cm³/mol. The number of benzene rings is 2. The third kappa shape index (κ3) is 4.80. The van der Waals surface area contributed by atoms with Crippen LogP contribution >= 0.6 is 11.3 Å². The lowest BCUT2D eigenvalue weighted by Crippen LogP contribution is -2.19. The Balaban J connectivity index is 1.64. The third-order valence-electron chi connectivity index (χ3n) is 3.51. The minimum absolute atomic E-state index is 0.350. The summed E-state index contributed by atoms with van der Waals surface area (Å²) in [4.78, 5) is 12.1. The first-order valence-electron chi connectivity index (χ1n) is 8.35. The lowest BCUT2D eigenvalue weighted by molar-refractivity contribution is 0.262. The van der Waals surface area contributed by atoms with Gasteiger partial charge in [0.15, 0.2) is 0 Å².